The standard InChI is InChI=1S/C13H21N2O11P/c1-3-24-12(19)8-4-11(18)14-13(20)15(8)7(2)26-10(9(17)5-16)6-25-27(21,22)23/h4,7,9-10,16-17H,3,5-6H2,1-2H3,(H,14,18,20)(H2,21,22,23)/t7?,9-,10-/m1/s1. The number of H-pyrrole nitrogens is 1. The average Bonchev–Trinajstić information content (AvgIpc) is 2.56. The van der Waals surface area contributed by atoms with Gasteiger partial charge in [-0.05, 0) is 13.8 Å². The summed E-state index contributed by atoms with van der Waals surface area (Å²) in [5.41, 5.74) is -2.32. The van der Waals surface area contributed by atoms with Gasteiger partial charge in [-0.3, -0.25) is 18.9 Å². The highest BCUT2D eigenvalue weighted by atomic mass is 31.2. The molecule has 1 aromatic rings. The summed E-state index contributed by atoms with van der Waals surface area (Å²) in [5.74, 6) is -0.984. The van der Waals surface area contributed by atoms with Gasteiger partial charge in [0.25, 0.3) is 5.56 Å². The lowest BCUT2D eigenvalue weighted by molar-refractivity contribution is -0.126. The molecule has 154 valence electrons. The Morgan fingerprint density at radius 1 is 1.37 bits per heavy atom. The molecule has 1 rings (SSSR count). The molecule has 3 atom stereocenters. The molecular weight excluding hydrogens is 391 g/mol. The SMILES string of the molecule is CCOC(=O)c1cc(=O)[nH]c(=O)n1C(C)O[C@H](COP(=O)(O)O)[C@H](O)CO. The normalized spacial score (nSPS) is 15.2. The monoisotopic (exact) mass is 412 g/mol. The number of ether oxygens (including phenoxy) is 2. The third kappa shape index (κ3) is 6.99. The lowest BCUT2D eigenvalue weighted by Gasteiger charge is -2.27. The van der Waals surface area contributed by atoms with Crippen LogP contribution in [0.4, 0.5) is 0 Å². The zero-order chi connectivity index (χ0) is 20.8. The highest BCUT2D eigenvalue weighted by molar-refractivity contribution is 7.46. The third-order valence-corrected chi connectivity index (χ3v) is 3.70. The number of rotatable bonds is 10. The maximum Gasteiger partial charge on any atom is 0.469 e. The van der Waals surface area contributed by atoms with Crippen molar-refractivity contribution in [2.24, 2.45) is 0 Å². The van der Waals surface area contributed by atoms with Crippen LogP contribution in [0.5, 0.6) is 0 Å². The van der Waals surface area contributed by atoms with Crippen LogP contribution in [0.3, 0.4) is 0 Å². The third-order valence-electron chi connectivity index (χ3n) is 3.22. The molecule has 27 heavy (non-hydrogen) atoms. The van der Waals surface area contributed by atoms with E-state index >= 15 is 0 Å². The minimum absolute atomic E-state index is 0.0307. The lowest BCUT2D eigenvalue weighted by atomic mass is 10.2. The number of carbonyl (C=O) groups is 1. The number of aromatic amines is 1. The first-order valence-corrected chi connectivity index (χ1v) is 9.20. The molecule has 0 aliphatic rings. The number of carbonyl (C=O) groups excluding carboxylic acids is 1. The smallest absolute Gasteiger partial charge is 0.461 e. The molecule has 0 aliphatic carbocycles. The van der Waals surface area contributed by atoms with E-state index < -0.39 is 62.4 Å². The highest BCUT2D eigenvalue weighted by Crippen LogP contribution is 2.36. The van der Waals surface area contributed by atoms with Gasteiger partial charge in [-0.2, -0.15) is 0 Å². The molecule has 0 aliphatic heterocycles. The molecule has 14 heteroatoms. The van der Waals surface area contributed by atoms with Crippen molar-refractivity contribution >= 4 is 13.8 Å². The Morgan fingerprint density at radius 3 is 2.52 bits per heavy atom. The van der Waals surface area contributed by atoms with Crippen molar-refractivity contribution in [1.29, 1.82) is 0 Å². The van der Waals surface area contributed by atoms with Crippen LogP contribution in [0.1, 0.15) is 30.6 Å². The number of phosphoric acid groups is 1. The molecule has 1 heterocycles. The molecule has 1 unspecified atom stereocenters. The summed E-state index contributed by atoms with van der Waals surface area (Å²) in [4.78, 5) is 55.0. The Hall–Kier alpha value is -1.86. The van der Waals surface area contributed by atoms with E-state index in [-0.39, 0.29) is 6.61 Å². The molecule has 0 radical (unpaired) electrons. The molecule has 0 saturated heterocycles. The Bertz CT molecular complexity index is 798. The number of hydrogen-bond acceptors (Lipinski definition) is 9. The van der Waals surface area contributed by atoms with E-state index in [4.69, 9.17) is 24.4 Å². The maximum atomic E-state index is 12.1. The van der Waals surface area contributed by atoms with Crippen LogP contribution in [0, 0.1) is 0 Å². The molecule has 0 aromatic carbocycles. The average molecular weight is 412 g/mol. The van der Waals surface area contributed by atoms with Crippen LogP contribution in [0.15, 0.2) is 15.7 Å². The molecule has 0 amide bonds. The van der Waals surface area contributed by atoms with Crippen LogP contribution in [-0.2, 0) is 18.6 Å². The summed E-state index contributed by atoms with van der Waals surface area (Å²) in [6.45, 7) is 1.07. The van der Waals surface area contributed by atoms with Gasteiger partial charge in [0, 0.05) is 6.07 Å². The minimum Gasteiger partial charge on any atom is -0.461 e. The summed E-state index contributed by atoms with van der Waals surface area (Å²) >= 11 is 0. The molecule has 5 N–H and O–H groups in total. The number of nitrogens with one attached hydrogen (secondary N) is 1. The fourth-order valence-electron chi connectivity index (χ4n) is 2.07. The Kier molecular flexibility index (Phi) is 8.50. The van der Waals surface area contributed by atoms with E-state index in [1.807, 2.05) is 4.98 Å². The molecular formula is C13H21N2O11P. The van der Waals surface area contributed by atoms with E-state index in [1.54, 1.807) is 0 Å². The largest absolute Gasteiger partial charge is 0.469 e. The lowest BCUT2D eigenvalue weighted by Crippen LogP contribution is -2.41. The van der Waals surface area contributed by atoms with Crippen LogP contribution < -0.4 is 11.2 Å². The van der Waals surface area contributed by atoms with E-state index in [9.17, 15) is 24.1 Å². The molecule has 13 nitrogen and oxygen atoms in total. The van der Waals surface area contributed by atoms with Gasteiger partial charge in [0.1, 0.15) is 24.1 Å². The summed E-state index contributed by atoms with van der Waals surface area (Å²) in [6, 6.07) is 0.808. The van der Waals surface area contributed by atoms with Crippen molar-refractivity contribution in [3.8, 4) is 0 Å². The fourth-order valence-corrected chi connectivity index (χ4v) is 2.41. The first-order chi connectivity index (χ1) is 12.5. The Balaban J connectivity index is 3.19. The van der Waals surface area contributed by atoms with E-state index in [1.165, 1.54) is 13.8 Å². The van der Waals surface area contributed by atoms with Crippen molar-refractivity contribution in [3.63, 3.8) is 0 Å². The first kappa shape index (κ1) is 23.2. The van der Waals surface area contributed by atoms with Crippen molar-refractivity contribution in [2.45, 2.75) is 32.3 Å². The van der Waals surface area contributed by atoms with E-state index in [0.29, 0.717) is 4.57 Å². The predicted octanol–water partition coefficient (Wildman–Crippen LogP) is -1.92. The summed E-state index contributed by atoms with van der Waals surface area (Å²) < 4.78 is 25.9. The Labute approximate surface area is 152 Å². The number of aliphatic hydroxyl groups is 2. The molecule has 0 fully saturated rings. The van der Waals surface area contributed by atoms with Crippen molar-refractivity contribution in [2.75, 3.05) is 19.8 Å². The molecule has 1 aromatic heterocycles. The van der Waals surface area contributed by atoms with E-state index in [2.05, 4.69) is 4.52 Å². The van der Waals surface area contributed by atoms with Gasteiger partial charge >= 0.3 is 19.5 Å². The summed E-state index contributed by atoms with van der Waals surface area (Å²) in [7, 11) is -4.90. The highest BCUT2D eigenvalue weighted by Gasteiger charge is 2.28. The topological polar surface area (TPSA) is 198 Å². The van der Waals surface area contributed by atoms with Crippen LogP contribution in [-0.4, -0.2) is 67.5 Å². The summed E-state index contributed by atoms with van der Waals surface area (Å²) in [6.07, 6.45) is -4.42. The molecule has 0 spiro atoms. The van der Waals surface area contributed by atoms with Crippen LogP contribution in [0.25, 0.3) is 0 Å². The zero-order valence-electron chi connectivity index (χ0n) is 14.5. The number of phosphoric ester groups is 1. The number of esters is 1. The van der Waals surface area contributed by atoms with Crippen LogP contribution >= 0.6 is 7.82 Å². The second kappa shape index (κ2) is 9.90. The number of aliphatic hydroxyl groups excluding tert-OH is 2. The first-order valence-electron chi connectivity index (χ1n) is 7.67. The second-order valence-electron chi connectivity index (χ2n) is 5.22. The van der Waals surface area contributed by atoms with Gasteiger partial charge in [-0.15, -0.1) is 0 Å². The van der Waals surface area contributed by atoms with Gasteiger partial charge in [0.05, 0.1) is 19.8 Å². The minimum atomic E-state index is -4.90. The summed E-state index contributed by atoms with van der Waals surface area (Å²) in [5, 5.41) is 18.8. The fraction of sp³-hybridized carbons (Fsp3) is 0.615. The van der Waals surface area contributed by atoms with Crippen molar-refractivity contribution < 1.29 is 43.4 Å². The van der Waals surface area contributed by atoms with Gasteiger partial charge in [-0.1, -0.05) is 0 Å². The number of nitrogens with zero attached hydrogens (tertiary/aromatic N) is 1. The van der Waals surface area contributed by atoms with Gasteiger partial charge in [-0.25, -0.2) is 14.2 Å². The van der Waals surface area contributed by atoms with Gasteiger partial charge in [0.15, 0.2) is 0 Å². The van der Waals surface area contributed by atoms with Gasteiger partial charge in [0.2, 0.25) is 0 Å². The molecule has 0 saturated carbocycles. The Morgan fingerprint density at radius 2 is 2.00 bits per heavy atom. The van der Waals surface area contributed by atoms with Gasteiger partial charge < -0.3 is 29.5 Å². The van der Waals surface area contributed by atoms with Crippen molar-refractivity contribution in [1.82, 2.24) is 9.55 Å². The quantitative estimate of drug-likeness (QED) is 0.212. The van der Waals surface area contributed by atoms with E-state index in [0.717, 1.165) is 6.07 Å². The number of hydrogen-bond donors (Lipinski definition) is 5. The van der Waals surface area contributed by atoms with Crippen LogP contribution in [0.2, 0.25) is 0 Å². The predicted molar refractivity (Wildman–Crippen MR) is 88.0 cm³/mol. The number of aromatic nitrogens is 2. The second-order valence-corrected chi connectivity index (χ2v) is 6.46. The van der Waals surface area contributed by atoms with Crippen molar-refractivity contribution in [3.05, 3.63) is 32.6 Å². The maximum absolute atomic E-state index is 12.1. The zero-order valence-corrected chi connectivity index (χ0v) is 15.4. The molecule has 0 bridgehead atoms.